The number of urea groups is 1. The third-order valence-corrected chi connectivity index (χ3v) is 3.91. The molecule has 0 atom stereocenters. The molecule has 0 heterocycles. The van der Waals surface area contributed by atoms with Crippen molar-refractivity contribution >= 4 is 17.6 Å². The summed E-state index contributed by atoms with van der Waals surface area (Å²) in [7, 11) is 1.37. The highest BCUT2D eigenvalue weighted by atomic mass is 35.5. The molecule has 140 valence electrons. The lowest BCUT2D eigenvalue weighted by Crippen LogP contribution is -2.36. The molecule has 26 heavy (non-hydrogen) atoms. The fraction of sp³-hybridized carbons (Fsp3) is 0.278. The molecule has 2 amide bonds. The zero-order chi connectivity index (χ0) is 18.9. The van der Waals surface area contributed by atoms with Gasteiger partial charge in [-0.2, -0.15) is 8.78 Å². The highest BCUT2D eigenvalue weighted by molar-refractivity contribution is 6.31. The Morgan fingerprint density at radius 2 is 1.92 bits per heavy atom. The van der Waals surface area contributed by atoms with Gasteiger partial charge in [-0.15, -0.1) is 0 Å². The van der Waals surface area contributed by atoms with Crippen LogP contribution in [0.1, 0.15) is 11.1 Å². The number of carbonyl (C=O) groups is 1. The summed E-state index contributed by atoms with van der Waals surface area (Å²) < 4.78 is 34.0. The van der Waals surface area contributed by atoms with E-state index in [2.05, 4.69) is 15.4 Å². The molecule has 2 rings (SSSR count). The molecule has 0 fully saturated rings. The SMILES string of the molecule is COc1cc(CCNC(=O)NCc2ccccc2Cl)ccc1OC(F)F. The van der Waals surface area contributed by atoms with Crippen LogP contribution in [0.2, 0.25) is 5.02 Å². The number of amides is 2. The van der Waals surface area contributed by atoms with Crippen LogP contribution in [0, 0.1) is 0 Å². The van der Waals surface area contributed by atoms with Crippen LogP contribution in [-0.2, 0) is 13.0 Å². The number of hydrogen-bond donors (Lipinski definition) is 2. The van der Waals surface area contributed by atoms with Crippen LogP contribution < -0.4 is 20.1 Å². The van der Waals surface area contributed by atoms with Crippen molar-refractivity contribution in [2.45, 2.75) is 19.6 Å². The molecule has 2 N–H and O–H groups in total. The number of nitrogens with one attached hydrogen (secondary N) is 2. The Kier molecular flexibility index (Phi) is 7.47. The number of rotatable bonds is 8. The molecule has 0 bridgehead atoms. The summed E-state index contributed by atoms with van der Waals surface area (Å²) in [5, 5.41) is 6.03. The van der Waals surface area contributed by atoms with E-state index < -0.39 is 6.61 Å². The lowest BCUT2D eigenvalue weighted by molar-refractivity contribution is -0.0512. The van der Waals surface area contributed by atoms with Gasteiger partial charge in [-0.3, -0.25) is 0 Å². The van der Waals surface area contributed by atoms with Crippen molar-refractivity contribution in [3.63, 3.8) is 0 Å². The number of methoxy groups -OCH3 is 1. The normalized spacial score (nSPS) is 10.5. The van der Waals surface area contributed by atoms with E-state index in [9.17, 15) is 13.6 Å². The van der Waals surface area contributed by atoms with Gasteiger partial charge in [0.05, 0.1) is 7.11 Å². The second-order valence-corrected chi connectivity index (χ2v) is 5.72. The molecule has 5 nitrogen and oxygen atoms in total. The fourth-order valence-corrected chi connectivity index (χ4v) is 2.46. The van der Waals surface area contributed by atoms with Crippen LogP contribution in [0.3, 0.4) is 0 Å². The summed E-state index contributed by atoms with van der Waals surface area (Å²) in [6.45, 7) is -2.23. The van der Waals surface area contributed by atoms with Gasteiger partial charge in [0.1, 0.15) is 0 Å². The summed E-state index contributed by atoms with van der Waals surface area (Å²) in [5.41, 5.74) is 1.64. The molecular formula is C18H19ClF2N2O3. The predicted molar refractivity (Wildman–Crippen MR) is 95.0 cm³/mol. The molecule has 0 aliphatic carbocycles. The Hall–Kier alpha value is -2.54. The zero-order valence-electron chi connectivity index (χ0n) is 14.1. The average Bonchev–Trinajstić information content (AvgIpc) is 2.61. The average molecular weight is 385 g/mol. The van der Waals surface area contributed by atoms with E-state index in [0.29, 0.717) is 24.5 Å². The number of carbonyl (C=O) groups excluding carboxylic acids is 1. The minimum Gasteiger partial charge on any atom is -0.493 e. The third kappa shape index (κ3) is 6.07. The van der Waals surface area contributed by atoms with Crippen LogP contribution >= 0.6 is 11.6 Å². The van der Waals surface area contributed by atoms with E-state index in [-0.39, 0.29) is 17.5 Å². The van der Waals surface area contributed by atoms with E-state index in [1.165, 1.54) is 13.2 Å². The largest absolute Gasteiger partial charge is 0.493 e. The number of ether oxygens (including phenoxy) is 2. The van der Waals surface area contributed by atoms with Crippen molar-refractivity contribution in [2.75, 3.05) is 13.7 Å². The molecule has 0 radical (unpaired) electrons. The summed E-state index contributed by atoms with van der Waals surface area (Å²) in [6, 6.07) is 11.6. The maximum absolute atomic E-state index is 12.3. The van der Waals surface area contributed by atoms with Crippen LogP contribution in [0.4, 0.5) is 13.6 Å². The van der Waals surface area contributed by atoms with Crippen LogP contribution in [0.5, 0.6) is 11.5 Å². The number of alkyl halides is 2. The fourth-order valence-electron chi connectivity index (χ4n) is 2.26. The summed E-state index contributed by atoms with van der Waals surface area (Å²) in [5.74, 6) is 0.183. The minimum absolute atomic E-state index is 0.0308. The molecule has 0 saturated carbocycles. The second kappa shape index (κ2) is 9.82. The van der Waals surface area contributed by atoms with Gasteiger partial charge in [0.25, 0.3) is 0 Å². The van der Waals surface area contributed by atoms with E-state index in [1.54, 1.807) is 18.2 Å². The van der Waals surface area contributed by atoms with Crippen LogP contribution in [-0.4, -0.2) is 26.3 Å². The van der Waals surface area contributed by atoms with E-state index in [0.717, 1.165) is 11.1 Å². The van der Waals surface area contributed by atoms with Gasteiger partial charge in [0.2, 0.25) is 0 Å². The Bertz CT molecular complexity index is 744. The highest BCUT2D eigenvalue weighted by Gasteiger charge is 2.11. The Labute approximate surface area is 155 Å². The van der Waals surface area contributed by atoms with Gasteiger partial charge in [-0.25, -0.2) is 4.79 Å². The second-order valence-electron chi connectivity index (χ2n) is 5.31. The van der Waals surface area contributed by atoms with Crippen molar-refractivity contribution in [2.24, 2.45) is 0 Å². The van der Waals surface area contributed by atoms with Crippen molar-refractivity contribution in [1.82, 2.24) is 10.6 Å². The quantitative estimate of drug-likeness (QED) is 0.723. The first-order valence-corrected chi connectivity index (χ1v) is 8.24. The molecule has 2 aromatic rings. The van der Waals surface area contributed by atoms with Gasteiger partial charge < -0.3 is 20.1 Å². The molecule has 0 saturated heterocycles. The molecule has 0 aliphatic heterocycles. The van der Waals surface area contributed by atoms with Crippen LogP contribution in [0.15, 0.2) is 42.5 Å². The molecule has 0 unspecified atom stereocenters. The van der Waals surface area contributed by atoms with Gasteiger partial charge in [-0.1, -0.05) is 35.9 Å². The predicted octanol–water partition coefficient (Wildman–Crippen LogP) is 3.99. The Morgan fingerprint density at radius 3 is 2.62 bits per heavy atom. The molecule has 0 aliphatic rings. The lowest BCUT2D eigenvalue weighted by atomic mass is 10.1. The van der Waals surface area contributed by atoms with Crippen molar-refractivity contribution < 1.29 is 23.0 Å². The molecule has 0 spiro atoms. The van der Waals surface area contributed by atoms with Crippen molar-refractivity contribution in [3.8, 4) is 11.5 Å². The van der Waals surface area contributed by atoms with Crippen LogP contribution in [0.25, 0.3) is 0 Å². The van der Waals surface area contributed by atoms with Gasteiger partial charge >= 0.3 is 12.6 Å². The molecule has 2 aromatic carbocycles. The summed E-state index contributed by atoms with van der Waals surface area (Å²) >= 11 is 6.02. The smallest absolute Gasteiger partial charge is 0.387 e. The Morgan fingerprint density at radius 1 is 1.15 bits per heavy atom. The minimum atomic E-state index is -2.92. The number of benzene rings is 2. The van der Waals surface area contributed by atoms with E-state index in [1.807, 2.05) is 18.2 Å². The van der Waals surface area contributed by atoms with Gasteiger partial charge in [0, 0.05) is 18.1 Å². The standard InChI is InChI=1S/C18H19ClF2N2O3/c1-25-16-10-12(6-7-15(16)26-17(20)21)8-9-22-18(24)23-11-13-4-2-3-5-14(13)19/h2-7,10,17H,8-9,11H2,1H3,(H2,22,23,24). The van der Waals surface area contributed by atoms with Crippen molar-refractivity contribution in [1.29, 1.82) is 0 Å². The first-order valence-electron chi connectivity index (χ1n) is 7.86. The van der Waals surface area contributed by atoms with E-state index in [4.69, 9.17) is 16.3 Å². The topological polar surface area (TPSA) is 59.6 Å². The molecule has 8 heteroatoms. The summed E-state index contributed by atoms with van der Waals surface area (Å²) in [4.78, 5) is 11.8. The highest BCUT2D eigenvalue weighted by Crippen LogP contribution is 2.29. The monoisotopic (exact) mass is 384 g/mol. The van der Waals surface area contributed by atoms with Crippen molar-refractivity contribution in [3.05, 3.63) is 58.6 Å². The molecular weight excluding hydrogens is 366 g/mol. The van der Waals surface area contributed by atoms with Gasteiger partial charge in [0.15, 0.2) is 11.5 Å². The first kappa shape index (κ1) is 19.8. The first-order chi connectivity index (χ1) is 12.5. The summed E-state index contributed by atoms with van der Waals surface area (Å²) in [6.07, 6.45) is 0.505. The lowest BCUT2D eigenvalue weighted by Gasteiger charge is -2.12. The van der Waals surface area contributed by atoms with E-state index >= 15 is 0 Å². The third-order valence-electron chi connectivity index (χ3n) is 3.54. The zero-order valence-corrected chi connectivity index (χ0v) is 14.9. The maximum Gasteiger partial charge on any atom is 0.387 e. The number of hydrogen-bond acceptors (Lipinski definition) is 3. The van der Waals surface area contributed by atoms with Gasteiger partial charge in [-0.05, 0) is 35.7 Å². The number of halogens is 3. The molecule has 0 aromatic heterocycles. The maximum atomic E-state index is 12.3. The Balaban J connectivity index is 1.80.